The molecule has 7 heterocycles. The molecule has 0 amide bonds. The van der Waals surface area contributed by atoms with Gasteiger partial charge in [0.05, 0.1) is 19.3 Å². The lowest BCUT2D eigenvalue weighted by Crippen LogP contribution is -2.33. The molecule has 0 aromatic carbocycles. The maximum Gasteiger partial charge on any atom is 0.386 e. The van der Waals surface area contributed by atoms with Crippen molar-refractivity contribution in [3.63, 3.8) is 0 Å². The highest BCUT2D eigenvalue weighted by Gasteiger charge is 2.54. The molecule has 3 fully saturated rings. The van der Waals surface area contributed by atoms with E-state index in [1.54, 1.807) is 0 Å². The number of rotatable bonds is 2. The predicted octanol–water partition coefficient (Wildman–Crippen LogP) is 2.19. The lowest BCUT2D eigenvalue weighted by Gasteiger charge is -2.26. The topological polar surface area (TPSA) is 229 Å². The highest BCUT2D eigenvalue weighted by Crippen LogP contribution is 2.60. The number of hydrogen-bond donors (Lipinski definition) is 4. The van der Waals surface area contributed by atoms with Gasteiger partial charge in [0.1, 0.15) is 48.3 Å². The molecule has 0 spiro atoms. The number of fused-ring (bicyclic) bond motifs is 5. The van der Waals surface area contributed by atoms with Crippen LogP contribution in [0, 0.1) is 0 Å². The van der Waals surface area contributed by atoms with E-state index in [4.69, 9.17) is 39.2 Å². The molecule has 3 saturated heterocycles. The fraction of sp³-hybridized carbons (Fsp3) is 0.500. The van der Waals surface area contributed by atoms with E-state index in [1.165, 1.54) is 21.8 Å². The van der Waals surface area contributed by atoms with Gasteiger partial charge in [-0.1, -0.05) is 24.5 Å². The average molecular weight is 695 g/mol. The molecular formula is C20H22F2N10O8P2S2. The van der Waals surface area contributed by atoms with Crippen LogP contribution in [-0.2, 0) is 36.9 Å². The first-order valence-corrected chi connectivity index (χ1v) is 18.3. The first-order valence-electron chi connectivity index (χ1n) is 12.6. The van der Waals surface area contributed by atoms with E-state index >= 15 is 8.78 Å². The summed E-state index contributed by atoms with van der Waals surface area (Å²) in [4.78, 5) is 24.1. The van der Waals surface area contributed by atoms with Gasteiger partial charge in [0.25, 0.3) is 6.57 Å². The summed E-state index contributed by atoms with van der Waals surface area (Å²) in [5, 5.41) is 0. The van der Waals surface area contributed by atoms with E-state index in [1.807, 2.05) is 0 Å². The van der Waals surface area contributed by atoms with E-state index in [9.17, 15) is 9.13 Å². The molecule has 2 bridgehead atoms. The zero-order valence-corrected chi connectivity index (χ0v) is 25.5. The highest BCUT2D eigenvalue weighted by atomic mass is 32.7. The zero-order chi connectivity index (χ0) is 31.0. The number of anilines is 2. The third-order valence-corrected chi connectivity index (χ3v) is 10.4. The van der Waals surface area contributed by atoms with Crippen LogP contribution in [0.3, 0.4) is 0 Å². The van der Waals surface area contributed by atoms with E-state index in [2.05, 4.69) is 54.4 Å². The average Bonchev–Trinajstić information content (AvgIpc) is 3.73. The SMILES string of the molecule is Nc1ncnc2c1ncn2[C@@H]1O[C@@H]2CO[P@@](=O)(S)O[C@@H]3[C@H](F)[C@@H](OC[P@@](=O)(S)O[C@H]2[C@H]1F)O[C@H]3n1cnc2c(N)ncnc21. The van der Waals surface area contributed by atoms with Crippen molar-refractivity contribution in [1.29, 1.82) is 0 Å². The second-order valence-corrected chi connectivity index (χ2v) is 16.3. The molecule has 0 radical (unpaired) electrons. The number of halogens is 2. The molecule has 3 aliphatic rings. The fourth-order valence-electron chi connectivity index (χ4n) is 5.10. The van der Waals surface area contributed by atoms with Crippen molar-refractivity contribution in [2.24, 2.45) is 0 Å². The first kappa shape index (κ1) is 30.2. The number of hydrogen-bond acceptors (Lipinski definition) is 16. The van der Waals surface area contributed by atoms with Gasteiger partial charge < -0.3 is 30.2 Å². The van der Waals surface area contributed by atoms with Crippen molar-refractivity contribution < 1.29 is 45.7 Å². The van der Waals surface area contributed by atoms with Crippen LogP contribution in [0.4, 0.5) is 20.4 Å². The first-order chi connectivity index (χ1) is 20.9. The summed E-state index contributed by atoms with van der Waals surface area (Å²) in [6.07, 6.45) is -9.37. The Hall–Kier alpha value is -2.52. The highest BCUT2D eigenvalue weighted by molar-refractivity contribution is 8.46. The number of alkyl halides is 2. The van der Waals surface area contributed by atoms with Gasteiger partial charge in [-0.05, 0) is 0 Å². The van der Waals surface area contributed by atoms with Crippen LogP contribution in [-0.4, -0.2) is 88.9 Å². The Bertz CT molecular complexity index is 1840. The molecule has 0 saturated carbocycles. The lowest BCUT2D eigenvalue weighted by molar-refractivity contribution is -0.157. The number of thiol groups is 2. The number of aromatic nitrogens is 8. The molecule has 24 heteroatoms. The third kappa shape index (κ3) is 5.25. The van der Waals surface area contributed by atoms with Crippen LogP contribution in [0.1, 0.15) is 12.5 Å². The summed E-state index contributed by atoms with van der Waals surface area (Å²) < 4.78 is 94.7. The minimum atomic E-state index is -4.45. The van der Waals surface area contributed by atoms with Crippen LogP contribution >= 0.6 is 37.9 Å². The van der Waals surface area contributed by atoms with E-state index in [0.29, 0.717) is 0 Å². The fourth-order valence-corrected chi connectivity index (χ4v) is 8.10. The van der Waals surface area contributed by atoms with Crippen molar-refractivity contribution in [3.05, 3.63) is 25.3 Å². The van der Waals surface area contributed by atoms with Gasteiger partial charge in [0.2, 0.25) is 0 Å². The second-order valence-electron chi connectivity index (χ2n) is 9.85. The van der Waals surface area contributed by atoms with Gasteiger partial charge >= 0.3 is 6.80 Å². The van der Waals surface area contributed by atoms with Gasteiger partial charge in [0.15, 0.2) is 54.0 Å². The Morgan fingerprint density at radius 1 is 0.818 bits per heavy atom. The molecule has 44 heavy (non-hydrogen) atoms. The normalized spacial score (nSPS) is 38.3. The van der Waals surface area contributed by atoms with Gasteiger partial charge in [-0.25, -0.2) is 43.2 Å². The van der Waals surface area contributed by atoms with E-state index in [0.717, 1.165) is 12.7 Å². The summed E-state index contributed by atoms with van der Waals surface area (Å²) in [5.41, 5.74) is 12.4. The molecule has 18 nitrogen and oxygen atoms in total. The van der Waals surface area contributed by atoms with Crippen LogP contribution < -0.4 is 11.5 Å². The quantitative estimate of drug-likeness (QED) is 0.174. The molecule has 4 aromatic heterocycles. The van der Waals surface area contributed by atoms with Crippen molar-refractivity contribution in [1.82, 2.24) is 39.0 Å². The number of imidazole rings is 2. The number of nitrogens with zero attached hydrogens (tertiary/aromatic N) is 8. The minimum Gasteiger partial charge on any atom is -0.382 e. The summed E-state index contributed by atoms with van der Waals surface area (Å²) in [6, 6.07) is 0. The third-order valence-electron chi connectivity index (χ3n) is 7.06. The van der Waals surface area contributed by atoms with Crippen molar-refractivity contribution in [2.75, 3.05) is 24.4 Å². The Morgan fingerprint density at radius 2 is 1.43 bits per heavy atom. The van der Waals surface area contributed by atoms with Gasteiger partial charge in [-0.15, -0.1) is 0 Å². The van der Waals surface area contributed by atoms with Gasteiger partial charge in [-0.3, -0.25) is 22.7 Å². The van der Waals surface area contributed by atoms with Crippen molar-refractivity contribution >= 4 is 71.8 Å². The monoisotopic (exact) mass is 694 g/mol. The molecule has 4 aromatic rings. The Balaban J connectivity index is 1.20. The Labute approximate surface area is 255 Å². The lowest BCUT2D eigenvalue weighted by atomic mass is 10.1. The molecule has 3 aliphatic heterocycles. The number of nitrogens with two attached hydrogens (primary N) is 2. The molecule has 0 aliphatic carbocycles. The molecule has 4 N–H and O–H groups in total. The van der Waals surface area contributed by atoms with Crippen LogP contribution in [0.2, 0.25) is 0 Å². The van der Waals surface area contributed by atoms with Crippen LogP contribution in [0.25, 0.3) is 22.3 Å². The summed E-state index contributed by atoms with van der Waals surface area (Å²) >= 11 is 8.07. The molecule has 10 atom stereocenters. The van der Waals surface area contributed by atoms with E-state index < -0.39 is 75.7 Å². The van der Waals surface area contributed by atoms with Gasteiger partial charge in [0, 0.05) is 0 Å². The van der Waals surface area contributed by atoms with Gasteiger partial charge in [-0.2, -0.15) is 0 Å². The predicted molar refractivity (Wildman–Crippen MR) is 152 cm³/mol. The maximum atomic E-state index is 16.0. The summed E-state index contributed by atoms with van der Waals surface area (Å²) in [6.45, 7) is -9.24. The maximum absolute atomic E-state index is 16.0. The molecule has 0 unspecified atom stereocenters. The van der Waals surface area contributed by atoms with Crippen LogP contribution in [0.15, 0.2) is 25.3 Å². The second kappa shape index (κ2) is 11.1. The Kier molecular flexibility index (Phi) is 7.59. The molecular weight excluding hydrogens is 672 g/mol. The largest absolute Gasteiger partial charge is 0.386 e. The van der Waals surface area contributed by atoms with E-state index in [-0.39, 0.29) is 34.0 Å². The van der Waals surface area contributed by atoms with Crippen molar-refractivity contribution in [2.45, 2.75) is 49.4 Å². The van der Waals surface area contributed by atoms with Crippen LogP contribution in [0.5, 0.6) is 0 Å². The standard InChI is InChI=1S/C20H22F2N10O8P2S2/c21-8-12-7(37-18(8)31-4-29-10-14(23)25-2-27-16(10)31)1-36-42(34,44)40-13-9(22)20(35-6-41(33,43)39-12)38-19(13)32-5-30-11-15(24)26-3-28-17(11)32/h2-5,7-9,12-13,18-20H,1,6H2,(H,33,43)(H,34,44)(H2,23,25,27)(H2,24,26,28)/t7-,8-,9+,12-,13-,18-,19-,20+,41+,42-/m1/s1. The molecule has 236 valence electrons. The number of nitrogen functional groups attached to an aromatic ring is 2. The Morgan fingerprint density at radius 3 is 2.07 bits per heavy atom. The summed E-state index contributed by atoms with van der Waals surface area (Å²) in [7, 11) is 0. The zero-order valence-electron chi connectivity index (χ0n) is 21.9. The number of ether oxygens (including phenoxy) is 3. The minimum absolute atomic E-state index is 0.0440. The molecule has 7 rings (SSSR count). The smallest absolute Gasteiger partial charge is 0.382 e. The van der Waals surface area contributed by atoms with Crippen molar-refractivity contribution in [3.8, 4) is 0 Å². The summed E-state index contributed by atoms with van der Waals surface area (Å²) in [5.74, 6) is 0.0953.